The summed E-state index contributed by atoms with van der Waals surface area (Å²) < 4.78 is 27.5. The molecule has 2 rings (SSSR count). The number of hydrogen-bond donors (Lipinski definition) is 1. The molecule has 0 aliphatic rings. The molecular weight excluding hydrogens is 357 g/mol. The molecule has 23 heavy (non-hydrogen) atoms. The zero-order valence-corrected chi connectivity index (χ0v) is 14.7. The Hall–Kier alpha value is -1.14. The summed E-state index contributed by atoms with van der Waals surface area (Å²) in [7, 11) is -3.61. The Bertz CT molecular complexity index is 806. The van der Waals surface area contributed by atoms with Crippen molar-refractivity contribution in [2.24, 2.45) is 0 Å². The lowest BCUT2D eigenvalue weighted by Gasteiger charge is -2.10. The number of rotatable bonds is 8. The fourth-order valence-corrected chi connectivity index (χ4v) is 3.99. The molecule has 0 saturated heterocycles. The molecule has 0 aromatic heterocycles. The van der Waals surface area contributed by atoms with Crippen LogP contribution in [-0.2, 0) is 14.8 Å². The number of fused-ring (bicyclic) bond motifs is 1. The van der Waals surface area contributed by atoms with E-state index >= 15 is 0 Å². The molecule has 0 bridgehead atoms. The number of sulfonamides is 1. The Balaban J connectivity index is 2.06. The zero-order valence-electron chi connectivity index (χ0n) is 12.4. The van der Waals surface area contributed by atoms with Crippen LogP contribution in [0.5, 0.6) is 0 Å². The molecule has 1 N–H and O–H groups in total. The number of carbonyl (C=O) groups excluding carboxylic acids is 1. The van der Waals surface area contributed by atoms with Crippen molar-refractivity contribution in [1.82, 2.24) is 4.72 Å². The first-order valence-corrected chi connectivity index (χ1v) is 9.51. The molecule has 0 aliphatic carbocycles. The maximum absolute atomic E-state index is 12.5. The van der Waals surface area contributed by atoms with Gasteiger partial charge >= 0.3 is 0 Å². The van der Waals surface area contributed by atoms with Crippen molar-refractivity contribution in [1.29, 1.82) is 0 Å². The average Bonchev–Trinajstić information content (AvgIpc) is 2.50. The van der Waals surface area contributed by atoms with E-state index < -0.39 is 10.0 Å². The Kier molecular flexibility index (Phi) is 6.41. The van der Waals surface area contributed by atoms with Gasteiger partial charge in [0.1, 0.15) is 0 Å². The van der Waals surface area contributed by atoms with Gasteiger partial charge in [-0.05, 0) is 36.6 Å². The zero-order chi connectivity index (χ0) is 16.9. The molecule has 0 unspecified atom stereocenters. The van der Waals surface area contributed by atoms with Gasteiger partial charge in [-0.15, -0.1) is 0 Å². The van der Waals surface area contributed by atoms with Gasteiger partial charge in [-0.2, -0.15) is 0 Å². The van der Waals surface area contributed by atoms with Crippen LogP contribution in [0.2, 0.25) is 5.02 Å². The fraction of sp³-hybridized carbons (Fsp3) is 0.312. The highest BCUT2D eigenvalue weighted by Crippen LogP contribution is 2.28. The van der Waals surface area contributed by atoms with Crippen molar-refractivity contribution in [2.75, 3.05) is 6.54 Å². The number of carbonyl (C=O) groups is 1. The number of unbranched alkanes of at least 4 members (excludes halogenated alkanes) is 2. The normalized spacial score (nSPS) is 11.7. The molecule has 0 radical (unpaired) electrons. The quantitative estimate of drug-likeness (QED) is 0.559. The highest BCUT2D eigenvalue weighted by molar-refractivity contribution is 7.89. The second-order valence-corrected chi connectivity index (χ2v) is 7.72. The third-order valence-corrected chi connectivity index (χ3v) is 5.50. The first kappa shape index (κ1) is 18.2. The predicted molar refractivity (Wildman–Crippen MR) is 93.5 cm³/mol. The van der Waals surface area contributed by atoms with E-state index in [0.717, 1.165) is 6.42 Å². The van der Waals surface area contributed by atoms with Crippen LogP contribution in [0.25, 0.3) is 10.8 Å². The summed E-state index contributed by atoms with van der Waals surface area (Å²) in [6.45, 7) is 0.315. The minimum atomic E-state index is -3.61. The van der Waals surface area contributed by atoms with E-state index in [4.69, 9.17) is 23.2 Å². The summed E-state index contributed by atoms with van der Waals surface area (Å²) in [6.07, 6.45) is 2.36. The van der Waals surface area contributed by atoms with Gasteiger partial charge in [-0.3, -0.25) is 4.79 Å². The molecule has 0 fully saturated rings. The number of nitrogens with one attached hydrogen (secondary N) is 1. The number of hydrogen-bond acceptors (Lipinski definition) is 3. The first-order valence-electron chi connectivity index (χ1n) is 7.27. The van der Waals surface area contributed by atoms with Gasteiger partial charge in [0.25, 0.3) is 0 Å². The van der Waals surface area contributed by atoms with Crippen LogP contribution in [0.1, 0.15) is 25.7 Å². The third kappa shape index (κ3) is 4.91. The average molecular weight is 374 g/mol. The van der Waals surface area contributed by atoms with Crippen LogP contribution in [0.15, 0.2) is 41.3 Å². The molecule has 4 nitrogen and oxygen atoms in total. The lowest BCUT2D eigenvalue weighted by Crippen LogP contribution is -2.25. The fourth-order valence-electron chi connectivity index (χ4n) is 2.33. The van der Waals surface area contributed by atoms with Gasteiger partial charge in [-0.1, -0.05) is 42.3 Å². The Morgan fingerprint density at radius 2 is 1.70 bits per heavy atom. The highest BCUT2D eigenvalue weighted by Gasteiger charge is 2.17. The smallest absolute Gasteiger partial charge is 0.241 e. The maximum atomic E-state index is 12.5. The molecule has 0 aliphatic heterocycles. The Labute approximate surface area is 145 Å². The molecule has 0 atom stereocenters. The predicted octanol–water partition coefficient (Wildman–Crippen LogP) is 4.10. The van der Waals surface area contributed by atoms with Crippen LogP contribution in [-0.4, -0.2) is 20.2 Å². The van der Waals surface area contributed by atoms with Crippen molar-refractivity contribution in [2.45, 2.75) is 30.6 Å². The van der Waals surface area contributed by atoms with Crippen LogP contribution in [0.3, 0.4) is 0 Å². The van der Waals surface area contributed by atoms with Crippen molar-refractivity contribution in [3.8, 4) is 0 Å². The van der Waals surface area contributed by atoms with Gasteiger partial charge < -0.3 is 0 Å². The highest BCUT2D eigenvalue weighted by atomic mass is 35.5. The molecule has 7 heteroatoms. The largest absolute Gasteiger partial charge is 0.281 e. The van der Waals surface area contributed by atoms with E-state index in [2.05, 4.69) is 4.72 Å². The Morgan fingerprint density at radius 3 is 2.43 bits per heavy atom. The molecule has 0 spiro atoms. The van der Waals surface area contributed by atoms with Crippen molar-refractivity contribution in [3.05, 3.63) is 41.4 Å². The van der Waals surface area contributed by atoms with E-state index in [0.29, 0.717) is 41.6 Å². The van der Waals surface area contributed by atoms with Gasteiger partial charge in [0.05, 0.1) is 4.90 Å². The summed E-state index contributed by atoms with van der Waals surface area (Å²) in [4.78, 5) is 10.8. The van der Waals surface area contributed by atoms with Gasteiger partial charge in [-0.25, -0.2) is 13.1 Å². The van der Waals surface area contributed by atoms with Crippen LogP contribution >= 0.6 is 23.2 Å². The maximum Gasteiger partial charge on any atom is 0.241 e. The van der Waals surface area contributed by atoms with Crippen molar-refractivity contribution < 1.29 is 13.2 Å². The molecule has 2 aromatic carbocycles. The van der Waals surface area contributed by atoms with Gasteiger partial charge in [0.15, 0.2) is 0 Å². The van der Waals surface area contributed by atoms with Crippen LogP contribution in [0.4, 0.5) is 0 Å². The number of benzene rings is 2. The molecule has 0 amide bonds. The Morgan fingerprint density at radius 1 is 1.00 bits per heavy atom. The summed E-state index contributed by atoms with van der Waals surface area (Å²) in [5.41, 5.74) is 0. The molecule has 0 saturated carbocycles. The summed E-state index contributed by atoms with van der Waals surface area (Å²) in [6, 6.07) is 10.2. The monoisotopic (exact) mass is 373 g/mol. The van der Waals surface area contributed by atoms with E-state index in [9.17, 15) is 13.2 Å². The van der Waals surface area contributed by atoms with E-state index in [1.54, 1.807) is 36.4 Å². The van der Waals surface area contributed by atoms with Gasteiger partial charge in [0.2, 0.25) is 15.3 Å². The lowest BCUT2D eigenvalue weighted by atomic mass is 10.1. The SMILES string of the molecule is O=C(Cl)CCCCCNS(=O)(=O)c1cccc2c(Cl)cccc12. The summed E-state index contributed by atoms with van der Waals surface area (Å²) in [5, 5.41) is 1.46. The molecule has 2 aromatic rings. The van der Waals surface area contributed by atoms with Crippen LogP contribution in [0, 0.1) is 0 Å². The summed E-state index contributed by atoms with van der Waals surface area (Å²) in [5.74, 6) is 0. The van der Waals surface area contributed by atoms with Crippen molar-refractivity contribution >= 4 is 49.2 Å². The standard InChI is InChI=1S/C16H17Cl2NO3S/c17-14-8-4-7-13-12(14)6-5-9-15(13)23(21,22)19-11-3-1-2-10-16(18)20/h4-9,19H,1-3,10-11H2. The minimum Gasteiger partial charge on any atom is -0.281 e. The summed E-state index contributed by atoms with van der Waals surface area (Å²) >= 11 is 11.4. The first-order chi connectivity index (χ1) is 10.9. The number of halogens is 2. The minimum absolute atomic E-state index is 0.216. The van der Waals surface area contributed by atoms with E-state index in [1.165, 1.54) is 0 Å². The molecule has 124 valence electrons. The lowest BCUT2D eigenvalue weighted by molar-refractivity contribution is -0.111. The molecule has 0 heterocycles. The van der Waals surface area contributed by atoms with Crippen molar-refractivity contribution in [3.63, 3.8) is 0 Å². The van der Waals surface area contributed by atoms with E-state index in [1.807, 2.05) is 0 Å². The molecular formula is C16H17Cl2NO3S. The second kappa shape index (κ2) is 8.11. The third-order valence-electron chi connectivity index (χ3n) is 3.46. The second-order valence-electron chi connectivity index (χ2n) is 5.15. The van der Waals surface area contributed by atoms with Gasteiger partial charge in [0, 0.05) is 28.8 Å². The van der Waals surface area contributed by atoms with E-state index in [-0.39, 0.29) is 10.1 Å². The van der Waals surface area contributed by atoms with Crippen LogP contribution < -0.4 is 4.72 Å². The topological polar surface area (TPSA) is 63.2 Å².